The lowest BCUT2D eigenvalue weighted by atomic mass is 9.97. The van der Waals surface area contributed by atoms with E-state index < -0.39 is 46.3 Å². The van der Waals surface area contributed by atoms with Crippen molar-refractivity contribution in [3.05, 3.63) is 89.0 Å². The maximum absolute atomic E-state index is 14.8. The van der Waals surface area contributed by atoms with Gasteiger partial charge in [-0.15, -0.1) is 0 Å². The van der Waals surface area contributed by atoms with Crippen LogP contribution in [-0.2, 0) is 12.4 Å². The van der Waals surface area contributed by atoms with E-state index in [0.717, 1.165) is 17.7 Å². The van der Waals surface area contributed by atoms with Gasteiger partial charge in [-0.2, -0.15) is 26.3 Å². The van der Waals surface area contributed by atoms with Crippen molar-refractivity contribution >= 4 is 5.91 Å². The van der Waals surface area contributed by atoms with E-state index in [1.54, 1.807) is 18.5 Å². The molecule has 3 nitrogen and oxygen atoms in total. The Hall–Kier alpha value is -3.43. The largest absolute Gasteiger partial charge is 0.416 e. The molecule has 4 rings (SSSR count). The van der Waals surface area contributed by atoms with E-state index in [1.807, 2.05) is 6.07 Å². The van der Waals surface area contributed by atoms with Gasteiger partial charge in [0.25, 0.3) is 5.91 Å². The van der Waals surface area contributed by atoms with Crippen molar-refractivity contribution in [2.45, 2.75) is 24.7 Å². The third-order valence-electron chi connectivity index (χ3n) is 5.75. The molecule has 0 aliphatic carbocycles. The summed E-state index contributed by atoms with van der Waals surface area (Å²) in [5.74, 6) is -1.51. The molecule has 2 aromatic carbocycles. The van der Waals surface area contributed by atoms with Crippen LogP contribution in [0, 0.1) is 5.82 Å². The number of amides is 1. The van der Waals surface area contributed by atoms with Gasteiger partial charge in [-0.1, -0.05) is 12.1 Å². The van der Waals surface area contributed by atoms with Crippen LogP contribution in [-0.4, -0.2) is 28.9 Å². The van der Waals surface area contributed by atoms with Crippen molar-refractivity contribution in [3.8, 4) is 11.1 Å². The molecule has 0 bridgehead atoms. The summed E-state index contributed by atoms with van der Waals surface area (Å²) in [7, 11) is 0. The van der Waals surface area contributed by atoms with Crippen LogP contribution in [0.25, 0.3) is 11.1 Å². The van der Waals surface area contributed by atoms with Gasteiger partial charge in [0.2, 0.25) is 0 Å². The zero-order valence-electron chi connectivity index (χ0n) is 17.4. The Morgan fingerprint density at radius 3 is 2.18 bits per heavy atom. The number of carbonyl (C=O) groups excluding carboxylic acids is 1. The van der Waals surface area contributed by atoms with Gasteiger partial charge in [0.1, 0.15) is 5.82 Å². The van der Waals surface area contributed by atoms with Crippen LogP contribution in [0.2, 0.25) is 0 Å². The number of halogens is 7. The summed E-state index contributed by atoms with van der Waals surface area (Å²) in [5.41, 5.74) is -3.23. The Morgan fingerprint density at radius 1 is 0.941 bits per heavy atom. The van der Waals surface area contributed by atoms with E-state index in [4.69, 9.17) is 0 Å². The average Bonchev–Trinajstić information content (AvgIpc) is 3.28. The van der Waals surface area contributed by atoms with Crippen molar-refractivity contribution in [3.63, 3.8) is 0 Å². The van der Waals surface area contributed by atoms with Gasteiger partial charge in [-0.25, -0.2) is 4.39 Å². The summed E-state index contributed by atoms with van der Waals surface area (Å²) in [5, 5.41) is 0. The van der Waals surface area contributed by atoms with Crippen LogP contribution >= 0.6 is 0 Å². The number of benzene rings is 2. The first-order valence-corrected chi connectivity index (χ1v) is 10.2. The van der Waals surface area contributed by atoms with E-state index in [-0.39, 0.29) is 17.5 Å². The first kappa shape index (κ1) is 23.7. The second-order valence-corrected chi connectivity index (χ2v) is 8.01. The number of carbonyl (C=O) groups is 1. The molecular weight excluding hydrogens is 465 g/mol. The van der Waals surface area contributed by atoms with Crippen molar-refractivity contribution in [1.82, 2.24) is 9.88 Å². The fourth-order valence-electron chi connectivity index (χ4n) is 4.01. The number of nitrogens with zero attached hydrogens (tertiary/aromatic N) is 2. The van der Waals surface area contributed by atoms with E-state index in [1.165, 1.54) is 11.0 Å². The highest BCUT2D eigenvalue weighted by Crippen LogP contribution is 2.39. The standard InChI is InChI=1S/C24H17F7N2O/c25-21-10-14(22(34)33-7-5-16(13-33)15-2-1-6-32-12-15)3-4-20(21)17-8-18(23(26,27)28)11-19(9-17)24(29,30)31/h1-4,6,8-12,16H,5,7,13H2. The summed E-state index contributed by atoms with van der Waals surface area (Å²) < 4.78 is 93.6. The van der Waals surface area contributed by atoms with Crippen LogP contribution in [0.15, 0.2) is 60.9 Å². The minimum Gasteiger partial charge on any atom is -0.338 e. The fraction of sp³-hybridized carbons (Fsp3) is 0.250. The van der Waals surface area contributed by atoms with Gasteiger partial charge >= 0.3 is 12.4 Å². The molecule has 1 unspecified atom stereocenters. The molecule has 0 N–H and O–H groups in total. The normalized spacial score (nSPS) is 16.7. The summed E-state index contributed by atoms with van der Waals surface area (Å²) in [6.07, 6.45) is -6.08. The Bertz CT molecular complexity index is 1170. The lowest BCUT2D eigenvalue weighted by Gasteiger charge is -2.18. The minimum atomic E-state index is -5.05. The van der Waals surface area contributed by atoms with Crippen molar-refractivity contribution in [2.75, 3.05) is 13.1 Å². The Morgan fingerprint density at radius 2 is 1.62 bits per heavy atom. The summed E-state index contributed by atoms with van der Waals surface area (Å²) in [6.45, 7) is 0.806. The maximum atomic E-state index is 14.8. The molecule has 1 amide bonds. The third-order valence-corrected chi connectivity index (χ3v) is 5.75. The molecule has 1 aliphatic rings. The number of rotatable bonds is 3. The average molecular weight is 482 g/mol. The van der Waals surface area contributed by atoms with Crippen LogP contribution in [0.5, 0.6) is 0 Å². The number of hydrogen-bond acceptors (Lipinski definition) is 2. The smallest absolute Gasteiger partial charge is 0.338 e. The van der Waals surface area contributed by atoms with E-state index in [9.17, 15) is 35.5 Å². The minimum absolute atomic E-state index is 0.0225. The SMILES string of the molecule is O=C(c1ccc(-c2cc(C(F)(F)F)cc(C(F)(F)F)c2)c(F)c1)N1CCC(c2cccnc2)C1. The zero-order valence-corrected chi connectivity index (χ0v) is 17.4. The van der Waals surface area contributed by atoms with Gasteiger partial charge in [-0.05, 0) is 53.9 Å². The second-order valence-electron chi connectivity index (χ2n) is 8.01. The molecule has 1 aliphatic heterocycles. The number of alkyl halides is 6. The molecule has 1 fully saturated rings. The van der Waals surface area contributed by atoms with Gasteiger partial charge in [-0.3, -0.25) is 9.78 Å². The predicted octanol–water partition coefficient (Wildman–Crippen LogP) is 6.56. The fourth-order valence-corrected chi connectivity index (χ4v) is 4.01. The van der Waals surface area contributed by atoms with Crippen molar-refractivity contribution < 1.29 is 35.5 Å². The van der Waals surface area contributed by atoms with Gasteiger partial charge in [0.05, 0.1) is 11.1 Å². The molecule has 0 spiro atoms. The molecule has 2 heterocycles. The number of likely N-dealkylation sites (tertiary alicyclic amines) is 1. The molecule has 0 radical (unpaired) electrons. The number of hydrogen-bond donors (Lipinski definition) is 0. The van der Waals surface area contributed by atoms with Gasteiger partial charge < -0.3 is 4.90 Å². The zero-order chi connectivity index (χ0) is 24.7. The maximum Gasteiger partial charge on any atom is 0.416 e. The molecule has 3 aromatic rings. The summed E-state index contributed by atoms with van der Waals surface area (Å²) in [6, 6.07) is 7.62. The second kappa shape index (κ2) is 8.73. The number of pyridine rings is 1. The quantitative estimate of drug-likeness (QED) is 0.397. The third kappa shape index (κ3) is 4.90. The summed E-state index contributed by atoms with van der Waals surface area (Å²) >= 11 is 0. The molecule has 0 saturated carbocycles. The Kier molecular flexibility index (Phi) is 6.09. The highest BCUT2D eigenvalue weighted by atomic mass is 19.4. The highest BCUT2D eigenvalue weighted by molar-refractivity contribution is 5.95. The Labute approximate surface area is 189 Å². The van der Waals surface area contributed by atoms with Crippen molar-refractivity contribution in [2.24, 2.45) is 0 Å². The number of aromatic nitrogens is 1. The molecule has 10 heteroatoms. The first-order valence-electron chi connectivity index (χ1n) is 10.2. The molecule has 1 saturated heterocycles. The summed E-state index contributed by atoms with van der Waals surface area (Å²) in [4.78, 5) is 18.4. The molecule has 1 aromatic heterocycles. The first-order chi connectivity index (χ1) is 15.9. The van der Waals surface area contributed by atoms with Gasteiger partial charge in [0.15, 0.2) is 0 Å². The monoisotopic (exact) mass is 482 g/mol. The van der Waals surface area contributed by atoms with Crippen LogP contribution in [0.1, 0.15) is 39.4 Å². The molecule has 178 valence electrons. The molecule has 34 heavy (non-hydrogen) atoms. The van der Waals surface area contributed by atoms with Crippen LogP contribution in [0.3, 0.4) is 0 Å². The Balaban J connectivity index is 1.61. The lowest BCUT2D eigenvalue weighted by molar-refractivity contribution is -0.143. The van der Waals surface area contributed by atoms with E-state index in [2.05, 4.69) is 4.98 Å². The van der Waals surface area contributed by atoms with E-state index >= 15 is 0 Å². The van der Waals surface area contributed by atoms with Crippen LogP contribution < -0.4 is 0 Å². The highest BCUT2D eigenvalue weighted by Gasteiger charge is 2.37. The molecular formula is C24H17F7N2O. The lowest BCUT2D eigenvalue weighted by Crippen LogP contribution is -2.28. The topological polar surface area (TPSA) is 33.2 Å². The van der Waals surface area contributed by atoms with Crippen LogP contribution in [0.4, 0.5) is 30.7 Å². The predicted molar refractivity (Wildman–Crippen MR) is 109 cm³/mol. The van der Waals surface area contributed by atoms with Crippen molar-refractivity contribution in [1.29, 1.82) is 0 Å². The van der Waals surface area contributed by atoms with E-state index in [0.29, 0.717) is 31.6 Å². The molecule has 1 atom stereocenters. The van der Waals surface area contributed by atoms with Gasteiger partial charge in [0, 0.05) is 42.5 Å².